The summed E-state index contributed by atoms with van der Waals surface area (Å²) in [6.07, 6.45) is 0. The van der Waals surface area contributed by atoms with Crippen molar-refractivity contribution in [1.29, 1.82) is 0 Å². The fraction of sp³-hybridized carbons (Fsp3) is 0.333. The summed E-state index contributed by atoms with van der Waals surface area (Å²) in [7, 11) is 0. The van der Waals surface area contributed by atoms with Gasteiger partial charge >= 0.3 is 5.97 Å². The van der Waals surface area contributed by atoms with Gasteiger partial charge in [-0.3, -0.25) is 0 Å². The number of carboxylic acids is 1. The number of nitrogens with one attached hydrogen (secondary N) is 1. The second-order valence-electron chi connectivity index (χ2n) is 4.86. The van der Waals surface area contributed by atoms with Crippen LogP contribution in [-0.4, -0.2) is 28.7 Å². The molecule has 6 heteroatoms. The minimum absolute atomic E-state index is 0.121. The summed E-state index contributed by atoms with van der Waals surface area (Å²) in [6.45, 7) is 5.12. The quantitative estimate of drug-likeness (QED) is 0.823. The van der Waals surface area contributed by atoms with Gasteiger partial charge in [-0.05, 0) is 26.0 Å². The first-order valence-electron chi connectivity index (χ1n) is 6.65. The van der Waals surface area contributed by atoms with Crippen LogP contribution in [0.5, 0.6) is 5.75 Å². The Hall–Kier alpha value is -1.92. The highest BCUT2D eigenvalue weighted by Crippen LogP contribution is 2.12. The molecule has 0 saturated heterocycles. The number of aromatic carboxylic acids is 1. The highest BCUT2D eigenvalue weighted by Gasteiger charge is 2.10. The molecule has 2 rings (SSSR count). The monoisotopic (exact) mass is 306 g/mol. The lowest BCUT2D eigenvalue weighted by molar-refractivity contribution is 0.0696. The molecule has 2 N–H and O–H groups in total. The first-order chi connectivity index (χ1) is 10.0. The molecule has 5 nitrogen and oxygen atoms in total. The molecule has 0 aliphatic rings. The smallest absolute Gasteiger partial charge is 0.365 e. The predicted octanol–water partition coefficient (Wildman–Crippen LogP) is 2.71. The number of aryl methyl sites for hydroxylation is 1. The SMILES string of the molecule is Cc1ccc(OCC(C)NCc2csc(C(=O)O)n2)cc1. The van der Waals surface area contributed by atoms with Gasteiger partial charge < -0.3 is 15.2 Å². The number of hydrogen-bond donors (Lipinski definition) is 2. The maximum atomic E-state index is 10.7. The zero-order valence-corrected chi connectivity index (χ0v) is 12.8. The van der Waals surface area contributed by atoms with Crippen LogP contribution >= 0.6 is 11.3 Å². The van der Waals surface area contributed by atoms with Gasteiger partial charge in [-0.25, -0.2) is 9.78 Å². The van der Waals surface area contributed by atoms with Crippen molar-refractivity contribution in [3.63, 3.8) is 0 Å². The van der Waals surface area contributed by atoms with Crippen LogP contribution in [-0.2, 0) is 6.54 Å². The van der Waals surface area contributed by atoms with E-state index in [0.29, 0.717) is 13.2 Å². The molecule has 0 bridgehead atoms. The van der Waals surface area contributed by atoms with Crippen LogP contribution < -0.4 is 10.1 Å². The van der Waals surface area contributed by atoms with Crippen LogP contribution in [0.1, 0.15) is 28.0 Å². The zero-order chi connectivity index (χ0) is 15.2. The Morgan fingerprint density at radius 1 is 1.43 bits per heavy atom. The Morgan fingerprint density at radius 3 is 2.76 bits per heavy atom. The number of aromatic nitrogens is 1. The van der Waals surface area contributed by atoms with Gasteiger partial charge in [-0.2, -0.15) is 0 Å². The summed E-state index contributed by atoms with van der Waals surface area (Å²) in [5, 5.41) is 13.9. The molecule has 1 unspecified atom stereocenters. The largest absolute Gasteiger partial charge is 0.492 e. The fourth-order valence-electron chi connectivity index (χ4n) is 1.68. The molecule has 0 spiro atoms. The lowest BCUT2D eigenvalue weighted by Gasteiger charge is -2.14. The molecule has 0 aliphatic carbocycles. The van der Waals surface area contributed by atoms with E-state index >= 15 is 0 Å². The number of carbonyl (C=O) groups is 1. The minimum atomic E-state index is -0.984. The molecule has 1 heterocycles. The first-order valence-corrected chi connectivity index (χ1v) is 7.53. The van der Waals surface area contributed by atoms with Gasteiger partial charge in [0.25, 0.3) is 0 Å². The highest BCUT2D eigenvalue weighted by atomic mass is 32.1. The third-order valence-corrected chi connectivity index (χ3v) is 3.77. The Labute approximate surface area is 127 Å². The summed E-state index contributed by atoms with van der Waals surface area (Å²) in [5.74, 6) is -0.141. The van der Waals surface area contributed by atoms with E-state index in [9.17, 15) is 4.79 Å². The number of carboxylic acid groups (broad SMARTS) is 1. The number of rotatable bonds is 7. The van der Waals surface area contributed by atoms with Gasteiger partial charge in [-0.15, -0.1) is 11.3 Å². The number of hydrogen-bond acceptors (Lipinski definition) is 5. The van der Waals surface area contributed by atoms with Crippen LogP contribution in [0.4, 0.5) is 0 Å². The standard InChI is InChI=1S/C15H18N2O3S/c1-10-3-5-13(6-4-10)20-8-11(2)16-7-12-9-21-14(17-12)15(18)19/h3-6,9,11,16H,7-8H2,1-2H3,(H,18,19). The van der Waals surface area contributed by atoms with Crippen LogP contribution in [0.2, 0.25) is 0 Å². The number of nitrogens with zero attached hydrogens (tertiary/aromatic N) is 1. The maximum absolute atomic E-state index is 10.7. The third kappa shape index (κ3) is 4.84. The summed E-state index contributed by atoms with van der Waals surface area (Å²) in [4.78, 5) is 14.8. The molecule has 2 aromatic rings. The van der Waals surface area contributed by atoms with Crippen LogP contribution in [0.15, 0.2) is 29.6 Å². The van der Waals surface area contributed by atoms with Crippen molar-refractivity contribution in [2.24, 2.45) is 0 Å². The molecule has 0 saturated carbocycles. The second kappa shape index (κ2) is 7.19. The number of benzene rings is 1. The van der Waals surface area contributed by atoms with E-state index in [1.54, 1.807) is 5.38 Å². The van der Waals surface area contributed by atoms with Crippen molar-refractivity contribution in [1.82, 2.24) is 10.3 Å². The van der Waals surface area contributed by atoms with Gasteiger partial charge in [0, 0.05) is 18.0 Å². The molecule has 1 aromatic heterocycles. The van der Waals surface area contributed by atoms with Crippen molar-refractivity contribution >= 4 is 17.3 Å². The van der Waals surface area contributed by atoms with Crippen molar-refractivity contribution in [2.45, 2.75) is 26.4 Å². The van der Waals surface area contributed by atoms with E-state index in [1.807, 2.05) is 38.1 Å². The van der Waals surface area contributed by atoms with Crippen LogP contribution in [0.25, 0.3) is 0 Å². The average Bonchev–Trinajstić information content (AvgIpc) is 2.93. The van der Waals surface area contributed by atoms with Crippen molar-refractivity contribution < 1.29 is 14.6 Å². The summed E-state index contributed by atoms with van der Waals surface area (Å²) < 4.78 is 5.68. The molecule has 0 amide bonds. The molecular formula is C15H18N2O3S. The van der Waals surface area contributed by atoms with Gasteiger partial charge in [0.15, 0.2) is 0 Å². The topological polar surface area (TPSA) is 71.5 Å². The molecule has 0 fully saturated rings. The van der Waals surface area contributed by atoms with E-state index < -0.39 is 5.97 Å². The van der Waals surface area contributed by atoms with E-state index in [4.69, 9.17) is 9.84 Å². The summed E-state index contributed by atoms with van der Waals surface area (Å²) in [5.41, 5.74) is 1.94. The van der Waals surface area contributed by atoms with Crippen molar-refractivity contribution in [2.75, 3.05) is 6.61 Å². The first kappa shape index (κ1) is 15.5. The molecular weight excluding hydrogens is 288 g/mol. The molecule has 1 atom stereocenters. The number of ether oxygens (including phenoxy) is 1. The van der Waals surface area contributed by atoms with Gasteiger partial charge in [0.1, 0.15) is 12.4 Å². The van der Waals surface area contributed by atoms with Crippen LogP contribution in [0, 0.1) is 6.92 Å². The minimum Gasteiger partial charge on any atom is -0.492 e. The van der Waals surface area contributed by atoms with Gasteiger partial charge in [0.05, 0.1) is 5.69 Å². The second-order valence-corrected chi connectivity index (χ2v) is 5.71. The van der Waals surface area contributed by atoms with E-state index in [2.05, 4.69) is 10.3 Å². The zero-order valence-electron chi connectivity index (χ0n) is 12.0. The Bertz CT molecular complexity index is 595. The molecule has 0 aliphatic heterocycles. The summed E-state index contributed by atoms with van der Waals surface area (Å²) >= 11 is 1.14. The van der Waals surface area contributed by atoms with E-state index in [0.717, 1.165) is 22.8 Å². The van der Waals surface area contributed by atoms with Gasteiger partial charge in [-0.1, -0.05) is 17.7 Å². The Kier molecular flexibility index (Phi) is 5.30. The summed E-state index contributed by atoms with van der Waals surface area (Å²) in [6, 6.07) is 8.05. The number of thiazole rings is 1. The normalized spacial score (nSPS) is 12.1. The Morgan fingerprint density at radius 2 is 2.14 bits per heavy atom. The molecule has 0 radical (unpaired) electrons. The van der Waals surface area contributed by atoms with Gasteiger partial charge in [0.2, 0.25) is 5.01 Å². The maximum Gasteiger partial charge on any atom is 0.365 e. The van der Waals surface area contributed by atoms with E-state index in [1.165, 1.54) is 5.56 Å². The molecule has 1 aromatic carbocycles. The fourth-order valence-corrected chi connectivity index (χ4v) is 2.33. The lowest BCUT2D eigenvalue weighted by Crippen LogP contribution is -2.31. The van der Waals surface area contributed by atoms with E-state index in [-0.39, 0.29) is 11.0 Å². The Balaban J connectivity index is 1.75. The van der Waals surface area contributed by atoms with Crippen LogP contribution in [0.3, 0.4) is 0 Å². The van der Waals surface area contributed by atoms with Crippen molar-refractivity contribution in [3.8, 4) is 5.75 Å². The van der Waals surface area contributed by atoms with Crippen molar-refractivity contribution in [3.05, 3.63) is 45.9 Å². The average molecular weight is 306 g/mol. The predicted molar refractivity (Wildman–Crippen MR) is 82.0 cm³/mol. The molecule has 112 valence electrons. The lowest BCUT2D eigenvalue weighted by atomic mass is 10.2. The molecule has 21 heavy (non-hydrogen) atoms. The third-order valence-electron chi connectivity index (χ3n) is 2.89. The highest BCUT2D eigenvalue weighted by molar-refractivity contribution is 7.11.